The number of benzene rings is 3. The minimum absolute atomic E-state index is 0.0432. The first-order chi connectivity index (χ1) is 14.1. The SMILES string of the molecule is O=C(O)CCCCn1cc(C(=O)c2ccc(Cl)c3ccccc23)c2ccccc21. The molecule has 1 heterocycles. The van der Waals surface area contributed by atoms with Crippen molar-refractivity contribution >= 4 is 45.0 Å². The highest BCUT2D eigenvalue weighted by Gasteiger charge is 2.19. The van der Waals surface area contributed by atoms with Crippen molar-refractivity contribution in [1.29, 1.82) is 0 Å². The van der Waals surface area contributed by atoms with E-state index in [-0.39, 0.29) is 12.2 Å². The van der Waals surface area contributed by atoms with Gasteiger partial charge in [-0.3, -0.25) is 9.59 Å². The molecule has 1 N–H and O–H groups in total. The molecule has 146 valence electrons. The lowest BCUT2D eigenvalue weighted by Crippen LogP contribution is -2.02. The number of para-hydroxylation sites is 1. The molecule has 0 aliphatic carbocycles. The molecule has 4 rings (SSSR count). The number of ketones is 1. The highest BCUT2D eigenvalue weighted by molar-refractivity contribution is 6.36. The summed E-state index contributed by atoms with van der Waals surface area (Å²) in [7, 11) is 0. The molecule has 0 fully saturated rings. The molecule has 29 heavy (non-hydrogen) atoms. The summed E-state index contributed by atoms with van der Waals surface area (Å²) < 4.78 is 2.04. The number of fused-ring (bicyclic) bond motifs is 2. The average molecular weight is 406 g/mol. The van der Waals surface area contributed by atoms with Crippen molar-refractivity contribution in [3.05, 3.63) is 83.0 Å². The van der Waals surface area contributed by atoms with E-state index in [1.807, 2.05) is 59.3 Å². The maximum absolute atomic E-state index is 13.5. The summed E-state index contributed by atoms with van der Waals surface area (Å²) in [6, 6.07) is 19.0. The van der Waals surface area contributed by atoms with Crippen LogP contribution in [0.2, 0.25) is 5.02 Å². The topological polar surface area (TPSA) is 59.3 Å². The number of halogens is 1. The fourth-order valence-corrected chi connectivity index (χ4v) is 4.00. The zero-order valence-corrected chi connectivity index (χ0v) is 16.5. The van der Waals surface area contributed by atoms with Crippen molar-refractivity contribution in [2.45, 2.75) is 25.8 Å². The Hall–Kier alpha value is -3.11. The molecule has 0 amide bonds. The predicted molar refractivity (Wildman–Crippen MR) is 116 cm³/mol. The lowest BCUT2D eigenvalue weighted by Gasteiger charge is -2.07. The van der Waals surface area contributed by atoms with E-state index in [4.69, 9.17) is 16.7 Å². The van der Waals surface area contributed by atoms with Gasteiger partial charge in [0.05, 0.1) is 0 Å². The molecular weight excluding hydrogens is 386 g/mol. The Labute approximate surface area is 173 Å². The highest BCUT2D eigenvalue weighted by Crippen LogP contribution is 2.30. The maximum atomic E-state index is 13.5. The summed E-state index contributed by atoms with van der Waals surface area (Å²) in [6.07, 6.45) is 3.38. The number of nitrogens with zero attached hydrogens (tertiary/aromatic N) is 1. The number of hydrogen-bond donors (Lipinski definition) is 1. The Morgan fingerprint density at radius 3 is 2.28 bits per heavy atom. The van der Waals surface area contributed by atoms with Gasteiger partial charge in [-0.1, -0.05) is 54.1 Å². The third-order valence-corrected chi connectivity index (χ3v) is 5.52. The third-order valence-electron chi connectivity index (χ3n) is 5.19. The van der Waals surface area contributed by atoms with Crippen molar-refractivity contribution in [2.24, 2.45) is 0 Å². The van der Waals surface area contributed by atoms with Crippen molar-refractivity contribution in [3.63, 3.8) is 0 Å². The minimum Gasteiger partial charge on any atom is -0.481 e. The number of aliphatic carboxylic acids is 1. The van der Waals surface area contributed by atoms with Gasteiger partial charge in [0, 0.05) is 51.6 Å². The van der Waals surface area contributed by atoms with Crippen LogP contribution in [-0.2, 0) is 11.3 Å². The monoisotopic (exact) mass is 405 g/mol. The smallest absolute Gasteiger partial charge is 0.303 e. The second-order valence-electron chi connectivity index (χ2n) is 7.07. The number of hydrogen-bond acceptors (Lipinski definition) is 2. The minimum atomic E-state index is -0.784. The second kappa shape index (κ2) is 8.10. The zero-order valence-electron chi connectivity index (χ0n) is 15.8. The molecule has 0 saturated heterocycles. The van der Waals surface area contributed by atoms with E-state index >= 15 is 0 Å². The van der Waals surface area contributed by atoms with E-state index in [0.29, 0.717) is 29.1 Å². The van der Waals surface area contributed by atoms with Gasteiger partial charge in [0.2, 0.25) is 0 Å². The Morgan fingerprint density at radius 2 is 1.52 bits per heavy atom. The quantitative estimate of drug-likeness (QED) is 0.306. The van der Waals surface area contributed by atoms with Crippen LogP contribution in [0.1, 0.15) is 35.2 Å². The second-order valence-corrected chi connectivity index (χ2v) is 7.48. The summed E-state index contributed by atoms with van der Waals surface area (Å²) in [6.45, 7) is 0.669. The van der Waals surface area contributed by atoms with E-state index in [2.05, 4.69) is 0 Å². The van der Waals surface area contributed by atoms with Crippen LogP contribution < -0.4 is 0 Å². The lowest BCUT2D eigenvalue weighted by atomic mass is 9.97. The fraction of sp³-hybridized carbons (Fsp3) is 0.167. The number of carboxylic acids is 1. The van der Waals surface area contributed by atoms with Crippen LogP contribution in [0.4, 0.5) is 0 Å². The summed E-state index contributed by atoms with van der Waals surface area (Å²) in [4.78, 5) is 24.2. The molecular formula is C24H20ClNO3. The number of aryl methyl sites for hydroxylation is 1. The first kappa shape index (κ1) is 19.2. The Kier molecular flexibility index (Phi) is 5.36. The highest BCUT2D eigenvalue weighted by atomic mass is 35.5. The number of unbranched alkanes of at least 4 members (excludes halogenated alkanes) is 1. The van der Waals surface area contributed by atoms with Crippen LogP contribution in [0.3, 0.4) is 0 Å². The van der Waals surface area contributed by atoms with Crippen LogP contribution in [-0.4, -0.2) is 21.4 Å². The van der Waals surface area contributed by atoms with Crippen molar-refractivity contribution < 1.29 is 14.7 Å². The van der Waals surface area contributed by atoms with Gasteiger partial charge in [-0.2, -0.15) is 0 Å². The number of carbonyl (C=O) groups excluding carboxylic acids is 1. The first-order valence-electron chi connectivity index (χ1n) is 9.58. The maximum Gasteiger partial charge on any atom is 0.303 e. The molecule has 5 heteroatoms. The molecule has 0 saturated carbocycles. The summed E-state index contributed by atoms with van der Waals surface area (Å²) in [5.41, 5.74) is 2.24. The van der Waals surface area contributed by atoms with Gasteiger partial charge in [-0.05, 0) is 36.4 Å². The van der Waals surface area contributed by atoms with Gasteiger partial charge in [-0.25, -0.2) is 0 Å². The van der Waals surface area contributed by atoms with Gasteiger partial charge >= 0.3 is 5.97 Å². The number of aromatic nitrogens is 1. The lowest BCUT2D eigenvalue weighted by molar-refractivity contribution is -0.137. The molecule has 1 aromatic heterocycles. The van der Waals surface area contributed by atoms with Crippen molar-refractivity contribution in [2.75, 3.05) is 0 Å². The van der Waals surface area contributed by atoms with Crippen LogP contribution >= 0.6 is 11.6 Å². The summed E-state index contributed by atoms with van der Waals surface area (Å²) in [5, 5.41) is 12.0. The molecule has 3 aromatic carbocycles. The van der Waals surface area contributed by atoms with Gasteiger partial charge in [0.25, 0.3) is 0 Å². The Balaban J connectivity index is 1.74. The average Bonchev–Trinajstić information content (AvgIpc) is 3.10. The number of carboxylic acid groups (broad SMARTS) is 1. The molecule has 4 nitrogen and oxygen atoms in total. The molecule has 0 aliphatic rings. The predicted octanol–water partition coefficient (Wildman–Crippen LogP) is 5.93. The van der Waals surface area contributed by atoms with E-state index in [1.54, 1.807) is 12.1 Å². The standard InChI is InChI=1S/C24H20ClNO3/c25-21-13-12-19(16-7-1-2-8-17(16)21)24(29)20-15-26(14-6-5-11-23(27)28)22-10-4-3-9-18(20)22/h1-4,7-10,12-13,15H,5-6,11,14H2,(H,27,28). The Morgan fingerprint density at radius 1 is 0.828 bits per heavy atom. The van der Waals surface area contributed by atoms with Crippen LogP contribution in [0.25, 0.3) is 21.7 Å². The molecule has 0 bridgehead atoms. The zero-order chi connectivity index (χ0) is 20.4. The molecule has 0 spiro atoms. The summed E-state index contributed by atoms with van der Waals surface area (Å²) in [5.74, 6) is -0.828. The van der Waals surface area contributed by atoms with Gasteiger partial charge < -0.3 is 9.67 Å². The number of carbonyl (C=O) groups is 2. The van der Waals surface area contributed by atoms with E-state index < -0.39 is 5.97 Å². The normalized spacial score (nSPS) is 11.2. The molecule has 0 atom stereocenters. The van der Waals surface area contributed by atoms with E-state index in [1.165, 1.54) is 0 Å². The largest absolute Gasteiger partial charge is 0.481 e. The van der Waals surface area contributed by atoms with Crippen molar-refractivity contribution in [3.8, 4) is 0 Å². The van der Waals surface area contributed by atoms with Gasteiger partial charge in [0.1, 0.15) is 0 Å². The van der Waals surface area contributed by atoms with Gasteiger partial charge in [0.15, 0.2) is 5.78 Å². The number of rotatable bonds is 7. The third kappa shape index (κ3) is 3.76. The van der Waals surface area contributed by atoms with Crippen molar-refractivity contribution in [1.82, 2.24) is 4.57 Å². The summed E-state index contributed by atoms with van der Waals surface area (Å²) >= 11 is 6.31. The molecule has 0 unspecified atom stereocenters. The molecule has 4 aromatic rings. The molecule has 0 aliphatic heterocycles. The fourth-order valence-electron chi connectivity index (χ4n) is 3.78. The van der Waals surface area contributed by atoms with Crippen LogP contribution in [0, 0.1) is 0 Å². The first-order valence-corrected chi connectivity index (χ1v) is 9.95. The van der Waals surface area contributed by atoms with Crippen LogP contribution in [0.5, 0.6) is 0 Å². The van der Waals surface area contributed by atoms with Gasteiger partial charge in [-0.15, -0.1) is 0 Å². The van der Waals surface area contributed by atoms with E-state index in [0.717, 1.165) is 28.1 Å². The molecule has 0 radical (unpaired) electrons. The Bertz CT molecular complexity index is 1230. The van der Waals surface area contributed by atoms with Crippen LogP contribution in [0.15, 0.2) is 66.9 Å². The van der Waals surface area contributed by atoms with E-state index in [9.17, 15) is 9.59 Å².